The van der Waals surface area contributed by atoms with E-state index in [0.29, 0.717) is 31.6 Å². The molecule has 0 saturated heterocycles. The van der Waals surface area contributed by atoms with E-state index in [2.05, 4.69) is 6.58 Å². The number of rotatable bonds is 9. The minimum absolute atomic E-state index is 0.214. The van der Waals surface area contributed by atoms with Crippen LogP contribution >= 0.6 is 0 Å². The van der Waals surface area contributed by atoms with Crippen molar-refractivity contribution in [1.82, 2.24) is 0 Å². The van der Waals surface area contributed by atoms with Crippen LogP contribution < -0.4 is 4.74 Å². The molecule has 0 spiro atoms. The summed E-state index contributed by atoms with van der Waals surface area (Å²) in [7, 11) is 4.93. The fourth-order valence-corrected chi connectivity index (χ4v) is 1.57. The molecule has 0 aliphatic rings. The number of halogens is 1. The molecule has 0 aliphatic heterocycles. The van der Waals surface area contributed by atoms with E-state index in [1.165, 1.54) is 0 Å². The van der Waals surface area contributed by atoms with Gasteiger partial charge in [0.05, 0.1) is 0 Å². The number of hydrogen-bond donors (Lipinski definition) is 0. The molecule has 0 fully saturated rings. The maximum absolute atomic E-state index is 12.3. The van der Waals surface area contributed by atoms with Crippen molar-refractivity contribution in [2.24, 2.45) is 0 Å². The van der Waals surface area contributed by atoms with Gasteiger partial charge >= 0.3 is 101 Å². The van der Waals surface area contributed by atoms with Crippen LogP contribution in [-0.4, -0.2) is 32.4 Å². The van der Waals surface area contributed by atoms with Gasteiger partial charge < -0.3 is 0 Å². The Hall–Kier alpha value is -1.91. The number of benzene rings is 1. The molecule has 3 nitrogen and oxygen atoms in total. The van der Waals surface area contributed by atoms with Crippen molar-refractivity contribution in [3.63, 3.8) is 0 Å². The molecule has 5 heteroatoms. The summed E-state index contributed by atoms with van der Waals surface area (Å²) in [4.78, 5) is 11.2. The van der Waals surface area contributed by atoms with Gasteiger partial charge in [0.1, 0.15) is 0 Å². The Balaban J connectivity index is 2.28. The SMILES string of the molecule is [B]=C(F)CCCOc1ccc(CCOC(=O)C(=C)C)cc1. The third kappa shape index (κ3) is 7.44. The molecule has 0 aromatic heterocycles. The van der Waals surface area contributed by atoms with E-state index in [4.69, 9.17) is 17.0 Å². The Bertz CT molecular complexity index is 497. The molecule has 0 heterocycles. The summed E-state index contributed by atoms with van der Waals surface area (Å²) >= 11 is 0. The molecule has 1 radical (unpaired) electrons. The van der Waals surface area contributed by atoms with E-state index in [9.17, 15) is 9.18 Å². The summed E-state index contributed by atoms with van der Waals surface area (Å²) in [6, 6.07) is 7.47. The average Bonchev–Trinajstić information content (AvgIpc) is 2.44. The van der Waals surface area contributed by atoms with Crippen LogP contribution in [0.4, 0.5) is 4.39 Å². The van der Waals surface area contributed by atoms with Crippen molar-refractivity contribution in [3.05, 3.63) is 42.0 Å². The molecule has 1 aromatic carbocycles. The molecule has 0 saturated carbocycles. The zero-order chi connectivity index (χ0) is 15.7. The quantitative estimate of drug-likeness (QED) is 0.303. The first-order chi connectivity index (χ1) is 9.99. The van der Waals surface area contributed by atoms with E-state index < -0.39 is 5.72 Å². The summed E-state index contributed by atoms with van der Waals surface area (Å²) in [6.45, 7) is 5.86. The Morgan fingerprint density at radius 3 is 2.52 bits per heavy atom. The van der Waals surface area contributed by atoms with E-state index in [0.717, 1.165) is 11.3 Å². The monoisotopic (exact) mass is 289 g/mol. The fraction of sp³-hybridized carbons (Fsp3) is 0.375. The summed E-state index contributed by atoms with van der Waals surface area (Å²) in [6.07, 6.45) is 1.39. The van der Waals surface area contributed by atoms with Gasteiger partial charge in [-0.1, -0.05) is 6.58 Å². The molecular formula is C16H19BFO3. The van der Waals surface area contributed by atoms with Gasteiger partial charge in [0.2, 0.25) is 0 Å². The first kappa shape index (κ1) is 17.1. The van der Waals surface area contributed by atoms with Crippen LogP contribution in [0.3, 0.4) is 0 Å². The molecular weight excluding hydrogens is 270 g/mol. The van der Waals surface area contributed by atoms with Gasteiger partial charge in [-0.2, -0.15) is 0 Å². The van der Waals surface area contributed by atoms with Crippen molar-refractivity contribution < 1.29 is 18.7 Å². The summed E-state index contributed by atoms with van der Waals surface area (Å²) in [5, 5.41) is 0. The van der Waals surface area contributed by atoms with E-state index in [1.807, 2.05) is 24.3 Å². The van der Waals surface area contributed by atoms with Crippen LogP contribution in [0, 0.1) is 0 Å². The Labute approximate surface area is 125 Å². The van der Waals surface area contributed by atoms with Crippen LogP contribution in [0.25, 0.3) is 0 Å². The van der Waals surface area contributed by atoms with Gasteiger partial charge in [0, 0.05) is 5.57 Å². The molecule has 111 valence electrons. The molecule has 0 bridgehead atoms. The van der Waals surface area contributed by atoms with Crippen molar-refractivity contribution in [1.29, 1.82) is 0 Å². The summed E-state index contributed by atoms with van der Waals surface area (Å²) < 4.78 is 22.8. The summed E-state index contributed by atoms with van der Waals surface area (Å²) in [5.74, 6) is 0.342. The molecule has 1 aromatic rings. The second kappa shape index (κ2) is 9.11. The Morgan fingerprint density at radius 1 is 1.29 bits per heavy atom. The third-order valence-electron chi connectivity index (χ3n) is 2.72. The van der Waals surface area contributed by atoms with Crippen molar-refractivity contribution in [2.75, 3.05) is 13.2 Å². The normalized spacial score (nSPS) is 9.95. The first-order valence-electron chi connectivity index (χ1n) is 6.80. The topological polar surface area (TPSA) is 35.5 Å². The Morgan fingerprint density at radius 2 is 1.95 bits per heavy atom. The Kier molecular flexibility index (Phi) is 7.44. The van der Waals surface area contributed by atoms with E-state index in [1.54, 1.807) is 6.92 Å². The molecule has 0 atom stereocenters. The van der Waals surface area contributed by atoms with E-state index in [-0.39, 0.29) is 12.4 Å². The van der Waals surface area contributed by atoms with Gasteiger partial charge in [0.15, 0.2) is 0 Å². The zero-order valence-corrected chi connectivity index (χ0v) is 12.2. The van der Waals surface area contributed by atoms with Crippen LogP contribution in [-0.2, 0) is 16.0 Å². The van der Waals surface area contributed by atoms with Gasteiger partial charge in [-0.25, -0.2) is 4.79 Å². The van der Waals surface area contributed by atoms with Gasteiger partial charge in [-0.3, -0.25) is 0 Å². The standard InChI is InChI=1S/C16H19BFO3/c1-12(2)16(19)21-11-9-13-5-7-14(8-6-13)20-10-3-4-15(17)18/h5-8H,1,3-4,9-11H2,2H3. The number of carbonyl (C=O) groups is 1. The molecule has 1 rings (SSSR count). The average molecular weight is 289 g/mol. The summed E-state index contributed by atoms with van der Waals surface area (Å²) in [5.41, 5.74) is 0.862. The van der Waals surface area contributed by atoms with Crippen molar-refractivity contribution >= 4 is 19.2 Å². The van der Waals surface area contributed by atoms with E-state index >= 15 is 0 Å². The van der Waals surface area contributed by atoms with Gasteiger partial charge in [-0.05, 0) is 6.92 Å². The predicted molar refractivity (Wildman–Crippen MR) is 82.5 cm³/mol. The molecule has 0 aliphatic carbocycles. The zero-order valence-electron chi connectivity index (χ0n) is 12.2. The van der Waals surface area contributed by atoms with Crippen LogP contribution in [0.2, 0.25) is 0 Å². The van der Waals surface area contributed by atoms with Crippen LogP contribution in [0.15, 0.2) is 36.4 Å². The third-order valence-corrected chi connectivity index (χ3v) is 2.72. The second-order valence-corrected chi connectivity index (χ2v) is 4.71. The van der Waals surface area contributed by atoms with Gasteiger partial charge in [0.25, 0.3) is 0 Å². The molecule has 0 unspecified atom stereocenters. The molecule has 0 amide bonds. The van der Waals surface area contributed by atoms with Crippen molar-refractivity contribution in [2.45, 2.75) is 26.2 Å². The molecule has 21 heavy (non-hydrogen) atoms. The van der Waals surface area contributed by atoms with Crippen LogP contribution in [0.5, 0.6) is 5.75 Å². The number of esters is 1. The molecule has 0 N–H and O–H groups in total. The number of ether oxygens (including phenoxy) is 2. The van der Waals surface area contributed by atoms with Crippen molar-refractivity contribution in [3.8, 4) is 5.75 Å². The number of hydrogen-bond acceptors (Lipinski definition) is 3. The second-order valence-electron chi connectivity index (χ2n) is 4.71. The maximum atomic E-state index is 12.3. The first-order valence-corrected chi connectivity index (χ1v) is 6.80. The fourth-order valence-electron chi connectivity index (χ4n) is 1.57. The minimum atomic E-state index is -0.571. The van der Waals surface area contributed by atoms with Gasteiger partial charge in [-0.15, -0.1) is 0 Å². The number of carbonyl (C=O) groups excluding carboxylic acids is 1. The predicted octanol–water partition coefficient (Wildman–Crippen LogP) is 2.78. The van der Waals surface area contributed by atoms with Crippen LogP contribution in [0.1, 0.15) is 25.3 Å².